The van der Waals surface area contributed by atoms with Crippen LogP contribution in [-0.2, 0) is 6.61 Å². The average molecular weight is 322 g/mol. The average Bonchev–Trinajstić information content (AvgIpc) is 2.95. The first-order valence-electron chi connectivity index (χ1n) is 6.40. The quantitative estimate of drug-likeness (QED) is 0.776. The fourth-order valence-electron chi connectivity index (χ4n) is 2.04. The maximum atomic E-state index is 13.6. The summed E-state index contributed by atoms with van der Waals surface area (Å²) in [6.07, 6.45) is 0. The van der Waals surface area contributed by atoms with Crippen LogP contribution in [0.25, 0.3) is 22.8 Å². The van der Waals surface area contributed by atoms with Crippen LogP contribution in [0.1, 0.15) is 5.69 Å². The Labute approximate surface area is 129 Å². The number of nitrogens with zero attached hydrogens (tertiary/aromatic N) is 1. The number of aromatic nitrogens is 1. The highest BCUT2D eigenvalue weighted by atomic mass is 35.5. The smallest absolute Gasteiger partial charge is 0.227 e. The minimum absolute atomic E-state index is 0.00688. The summed E-state index contributed by atoms with van der Waals surface area (Å²) in [5.41, 5.74) is 1.23. The molecule has 0 radical (unpaired) electrons. The van der Waals surface area contributed by atoms with E-state index in [1.807, 2.05) is 0 Å². The Kier molecular flexibility index (Phi) is 3.92. The van der Waals surface area contributed by atoms with E-state index in [-0.39, 0.29) is 34.8 Å². The van der Waals surface area contributed by atoms with Gasteiger partial charge in [-0.05, 0) is 42.5 Å². The lowest BCUT2D eigenvalue weighted by Crippen LogP contribution is -1.88. The molecule has 0 aliphatic rings. The van der Waals surface area contributed by atoms with Gasteiger partial charge in [0, 0.05) is 11.1 Å². The van der Waals surface area contributed by atoms with E-state index in [1.54, 1.807) is 6.07 Å². The van der Waals surface area contributed by atoms with Crippen LogP contribution >= 0.6 is 11.6 Å². The number of oxazole rings is 1. The van der Waals surface area contributed by atoms with Crippen molar-refractivity contribution in [2.75, 3.05) is 0 Å². The second kappa shape index (κ2) is 5.87. The van der Waals surface area contributed by atoms with Crippen LogP contribution in [0.4, 0.5) is 8.78 Å². The molecule has 3 nitrogen and oxygen atoms in total. The first kappa shape index (κ1) is 14.7. The molecule has 0 spiro atoms. The second-order valence-corrected chi connectivity index (χ2v) is 5.00. The molecule has 0 fully saturated rings. The van der Waals surface area contributed by atoms with Gasteiger partial charge >= 0.3 is 0 Å². The van der Waals surface area contributed by atoms with E-state index in [1.165, 1.54) is 36.4 Å². The van der Waals surface area contributed by atoms with Crippen LogP contribution in [0.5, 0.6) is 0 Å². The van der Waals surface area contributed by atoms with Gasteiger partial charge in [-0.15, -0.1) is 0 Å². The van der Waals surface area contributed by atoms with Gasteiger partial charge in [0.25, 0.3) is 0 Å². The van der Waals surface area contributed by atoms with E-state index in [4.69, 9.17) is 16.0 Å². The molecular weight excluding hydrogens is 312 g/mol. The summed E-state index contributed by atoms with van der Waals surface area (Å²) in [7, 11) is 0. The van der Waals surface area contributed by atoms with Gasteiger partial charge in [-0.3, -0.25) is 0 Å². The molecule has 3 rings (SSSR count). The van der Waals surface area contributed by atoms with Gasteiger partial charge in [0.05, 0.1) is 11.6 Å². The van der Waals surface area contributed by atoms with Gasteiger partial charge in [0.15, 0.2) is 5.76 Å². The largest absolute Gasteiger partial charge is 0.436 e. The van der Waals surface area contributed by atoms with Crippen molar-refractivity contribution in [3.05, 3.63) is 64.8 Å². The standard InChI is InChI=1S/C16H10ClF2NO2/c17-12-6-3-10(7-13(12)19)15-14(8-21)20-16(22-15)9-1-4-11(18)5-2-9/h1-7,21H,8H2. The highest BCUT2D eigenvalue weighted by Gasteiger charge is 2.17. The fourth-order valence-corrected chi connectivity index (χ4v) is 2.16. The zero-order chi connectivity index (χ0) is 15.7. The summed E-state index contributed by atoms with van der Waals surface area (Å²) >= 11 is 5.65. The van der Waals surface area contributed by atoms with Gasteiger partial charge in [-0.25, -0.2) is 13.8 Å². The van der Waals surface area contributed by atoms with Crippen LogP contribution in [0.2, 0.25) is 5.02 Å². The van der Waals surface area contributed by atoms with E-state index in [2.05, 4.69) is 4.98 Å². The molecule has 0 aliphatic carbocycles. The number of aliphatic hydroxyl groups excluding tert-OH is 1. The van der Waals surface area contributed by atoms with Crippen molar-refractivity contribution in [2.24, 2.45) is 0 Å². The molecule has 112 valence electrons. The van der Waals surface area contributed by atoms with Crippen LogP contribution in [0.3, 0.4) is 0 Å². The molecule has 3 aromatic rings. The summed E-state index contributed by atoms with van der Waals surface area (Å²) in [5, 5.41) is 9.40. The highest BCUT2D eigenvalue weighted by molar-refractivity contribution is 6.30. The third-order valence-corrected chi connectivity index (χ3v) is 3.43. The highest BCUT2D eigenvalue weighted by Crippen LogP contribution is 2.31. The Hall–Kier alpha value is -2.24. The number of rotatable bonds is 3. The zero-order valence-electron chi connectivity index (χ0n) is 11.2. The number of aliphatic hydroxyl groups is 1. The molecular formula is C16H10ClF2NO2. The lowest BCUT2D eigenvalue weighted by Gasteiger charge is -2.00. The Morgan fingerprint density at radius 1 is 1.05 bits per heavy atom. The van der Waals surface area contributed by atoms with Crippen LogP contribution in [0.15, 0.2) is 46.9 Å². The Morgan fingerprint density at radius 3 is 2.36 bits per heavy atom. The molecule has 0 atom stereocenters. The van der Waals surface area contributed by atoms with Crippen molar-refractivity contribution in [1.82, 2.24) is 4.98 Å². The normalized spacial score (nSPS) is 10.9. The summed E-state index contributed by atoms with van der Waals surface area (Å²) in [6, 6.07) is 9.74. The topological polar surface area (TPSA) is 46.3 Å². The maximum absolute atomic E-state index is 13.6. The fraction of sp³-hybridized carbons (Fsp3) is 0.0625. The SMILES string of the molecule is OCc1nc(-c2ccc(F)cc2)oc1-c1ccc(Cl)c(F)c1. The summed E-state index contributed by atoms with van der Waals surface area (Å²) in [5.74, 6) is -0.507. The summed E-state index contributed by atoms with van der Waals surface area (Å²) < 4.78 is 32.1. The molecule has 0 saturated carbocycles. The molecule has 0 saturated heterocycles. The van der Waals surface area contributed by atoms with E-state index < -0.39 is 5.82 Å². The van der Waals surface area contributed by atoms with Gasteiger partial charge in [0.1, 0.15) is 17.3 Å². The molecule has 6 heteroatoms. The number of benzene rings is 2. The van der Waals surface area contributed by atoms with Crippen LogP contribution < -0.4 is 0 Å². The third kappa shape index (κ3) is 2.73. The second-order valence-electron chi connectivity index (χ2n) is 4.59. The molecule has 2 aromatic carbocycles. The molecule has 1 aromatic heterocycles. The molecule has 1 heterocycles. The maximum Gasteiger partial charge on any atom is 0.227 e. The van der Waals surface area contributed by atoms with Crippen molar-refractivity contribution < 1.29 is 18.3 Å². The molecule has 0 aliphatic heterocycles. The number of halogens is 3. The van der Waals surface area contributed by atoms with Gasteiger partial charge in [0.2, 0.25) is 5.89 Å². The summed E-state index contributed by atoms with van der Waals surface area (Å²) in [4.78, 5) is 4.16. The zero-order valence-corrected chi connectivity index (χ0v) is 11.9. The Morgan fingerprint density at radius 2 is 1.73 bits per heavy atom. The number of hydrogen-bond donors (Lipinski definition) is 1. The minimum atomic E-state index is -0.595. The predicted octanol–water partition coefficient (Wildman–Crippen LogP) is 4.43. The Balaban J connectivity index is 2.08. The minimum Gasteiger partial charge on any atom is -0.436 e. The summed E-state index contributed by atoms with van der Waals surface area (Å²) in [6.45, 7) is -0.371. The van der Waals surface area contributed by atoms with Crippen molar-refractivity contribution in [2.45, 2.75) is 6.61 Å². The first-order chi connectivity index (χ1) is 10.6. The monoisotopic (exact) mass is 321 g/mol. The van der Waals surface area contributed by atoms with Gasteiger partial charge < -0.3 is 9.52 Å². The molecule has 1 N–H and O–H groups in total. The predicted molar refractivity (Wildman–Crippen MR) is 78.2 cm³/mol. The molecule has 0 bridgehead atoms. The van der Waals surface area contributed by atoms with E-state index in [9.17, 15) is 13.9 Å². The number of hydrogen-bond acceptors (Lipinski definition) is 3. The van der Waals surface area contributed by atoms with Crippen molar-refractivity contribution in [3.8, 4) is 22.8 Å². The van der Waals surface area contributed by atoms with E-state index in [0.717, 1.165) is 0 Å². The van der Waals surface area contributed by atoms with Crippen LogP contribution in [0, 0.1) is 11.6 Å². The Bertz CT molecular complexity index is 816. The van der Waals surface area contributed by atoms with E-state index >= 15 is 0 Å². The first-order valence-corrected chi connectivity index (χ1v) is 6.78. The van der Waals surface area contributed by atoms with E-state index in [0.29, 0.717) is 11.1 Å². The van der Waals surface area contributed by atoms with Gasteiger partial charge in [-0.1, -0.05) is 11.6 Å². The van der Waals surface area contributed by atoms with Crippen molar-refractivity contribution in [3.63, 3.8) is 0 Å². The van der Waals surface area contributed by atoms with Gasteiger partial charge in [-0.2, -0.15) is 0 Å². The molecule has 0 unspecified atom stereocenters. The molecule has 22 heavy (non-hydrogen) atoms. The third-order valence-electron chi connectivity index (χ3n) is 3.12. The lowest BCUT2D eigenvalue weighted by molar-refractivity contribution is 0.277. The van der Waals surface area contributed by atoms with Crippen LogP contribution in [-0.4, -0.2) is 10.1 Å². The molecule has 0 amide bonds. The van der Waals surface area contributed by atoms with Crippen molar-refractivity contribution in [1.29, 1.82) is 0 Å². The lowest BCUT2D eigenvalue weighted by atomic mass is 10.1. The van der Waals surface area contributed by atoms with Crippen molar-refractivity contribution >= 4 is 11.6 Å².